The van der Waals surface area contributed by atoms with Crippen molar-refractivity contribution >= 4 is 11.7 Å². The minimum absolute atomic E-state index is 0.301. The number of rotatable bonds is 1. The Morgan fingerprint density at radius 2 is 2.40 bits per heavy atom. The average Bonchev–Trinajstić information content (AvgIpc) is 2.67. The van der Waals surface area contributed by atoms with E-state index in [1.165, 1.54) is 17.0 Å². The summed E-state index contributed by atoms with van der Waals surface area (Å²) in [6.45, 7) is 1.70. The first-order valence-corrected chi connectivity index (χ1v) is 4.09. The van der Waals surface area contributed by atoms with Crippen LogP contribution in [0, 0.1) is 18.4 Å². The Morgan fingerprint density at radius 1 is 1.60 bits per heavy atom. The molecule has 15 heavy (non-hydrogen) atoms. The topological polar surface area (TPSA) is 96.0 Å². The summed E-state index contributed by atoms with van der Waals surface area (Å²) in [4.78, 5) is 19.2. The molecule has 0 saturated heterocycles. The van der Waals surface area contributed by atoms with Crippen LogP contribution in [0.5, 0.6) is 0 Å². The average molecular weight is 202 g/mol. The van der Waals surface area contributed by atoms with Crippen molar-refractivity contribution in [1.82, 2.24) is 24.9 Å². The molecule has 0 saturated carbocycles. The maximum Gasteiger partial charge on any atom is 0.267 e. The molecule has 74 valence electrons. The Kier molecular flexibility index (Phi) is 2.02. The Hall–Kier alpha value is -2.49. The van der Waals surface area contributed by atoms with E-state index < -0.39 is 5.91 Å². The molecular formula is C8H6N6O. The molecule has 0 fully saturated rings. The molecule has 1 N–H and O–H groups in total. The van der Waals surface area contributed by atoms with Crippen molar-refractivity contribution in [2.45, 2.75) is 6.92 Å². The summed E-state index contributed by atoms with van der Waals surface area (Å²) in [5, 5.41) is 14.3. The zero-order valence-corrected chi connectivity index (χ0v) is 7.80. The van der Waals surface area contributed by atoms with Crippen molar-refractivity contribution in [2.75, 3.05) is 0 Å². The number of amides is 1. The lowest BCUT2D eigenvalue weighted by molar-refractivity contribution is 0.0971. The maximum absolute atomic E-state index is 11.4. The number of nitriles is 1. The van der Waals surface area contributed by atoms with E-state index in [9.17, 15) is 4.79 Å². The molecule has 7 heteroatoms. The van der Waals surface area contributed by atoms with Gasteiger partial charge in [0.05, 0.1) is 11.3 Å². The molecule has 2 heterocycles. The Labute approximate surface area is 84.4 Å². The van der Waals surface area contributed by atoms with Crippen molar-refractivity contribution in [2.24, 2.45) is 0 Å². The van der Waals surface area contributed by atoms with Gasteiger partial charge in [-0.15, -0.1) is 0 Å². The lowest BCUT2D eigenvalue weighted by atomic mass is 10.2. The van der Waals surface area contributed by atoms with Crippen LogP contribution in [0.1, 0.15) is 16.1 Å². The largest absolute Gasteiger partial charge is 0.268 e. The van der Waals surface area contributed by atoms with Crippen molar-refractivity contribution in [1.29, 1.82) is 5.26 Å². The van der Waals surface area contributed by atoms with E-state index in [0.29, 0.717) is 17.0 Å². The lowest BCUT2D eigenvalue weighted by Gasteiger charge is -2.03. The van der Waals surface area contributed by atoms with E-state index in [1.54, 1.807) is 13.1 Å². The highest BCUT2D eigenvalue weighted by Gasteiger charge is 2.12. The molecule has 0 atom stereocenters. The second-order valence-corrected chi connectivity index (χ2v) is 2.80. The maximum atomic E-state index is 11.4. The van der Waals surface area contributed by atoms with Crippen LogP contribution in [0.4, 0.5) is 0 Å². The van der Waals surface area contributed by atoms with Crippen molar-refractivity contribution < 1.29 is 4.79 Å². The predicted octanol–water partition coefficient (Wildman–Crippen LogP) is -0.356. The van der Waals surface area contributed by atoms with Gasteiger partial charge < -0.3 is 0 Å². The van der Waals surface area contributed by atoms with Crippen LogP contribution < -0.4 is 5.32 Å². The van der Waals surface area contributed by atoms with Gasteiger partial charge in [-0.2, -0.15) is 15.3 Å². The summed E-state index contributed by atoms with van der Waals surface area (Å²) < 4.78 is 1.44. The van der Waals surface area contributed by atoms with Gasteiger partial charge >= 0.3 is 0 Å². The van der Waals surface area contributed by atoms with Crippen LogP contribution in [0.15, 0.2) is 12.5 Å². The minimum atomic E-state index is -0.500. The summed E-state index contributed by atoms with van der Waals surface area (Å²) in [6, 6.07) is 0. The predicted molar refractivity (Wildman–Crippen MR) is 48.6 cm³/mol. The molecule has 0 aromatic carbocycles. The molecule has 7 nitrogen and oxygen atoms in total. The van der Waals surface area contributed by atoms with Crippen molar-refractivity contribution in [3.63, 3.8) is 0 Å². The van der Waals surface area contributed by atoms with Crippen molar-refractivity contribution in [3.05, 3.63) is 23.8 Å². The van der Waals surface area contributed by atoms with Crippen LogP contribution in [-0.4, -0.2) is 25.5 Å². The van der Waals surface area contributed by atoms with Gasteiger partial charge in [0.15, 0.2) is 6.19 Å². The van der Waals surface area contributed by atoms with Gasteiger partial charge in [-0.3, -0.25) is 10.1 Å². The zero-order chi connectivity index (χ0) is 10.8. The highest BCUT2D eigenvalue weighted by atomic mass is 16.1. The highest BCUT2D eigenvalue weighted by molar-refractivity contribution is 5.95. The number of aryl methyl sites for hydroxylation is 1. The van der Waals surface area contributed by atoms with Crippen LogP contribution in [0.3, 0.4) is 0 Å². The molecule has 2 aromatic heterocycles. The molecule has 0 unspecified atom stereocenters. The quantitative estimate of drug-likeness (QED) is 0.503. The van der Waals surface area contributed by atoms with Gasteiger partial charge in [0.1, 0.15) is 6.33 Å². The second kappa shape index (κ2) is 3.34. The van der Waals surface area contributed by atoms with E-state index in [0.717, 1.165) is 0 Å². The van der Waals surface area contributed by atoms with E-state index in [2.05, 4.69) is 15.1 Å². The number of hydrogen-bond donors (Lipinski definition) is 1. The van der Waals surface area contributed by atoms with Gasteiger partial charge in [-0.05, 0) is 6.92 Å². The molecule has 0 spiro atoms. The summed E-state index contributed by atoms with van der Waals surface area (Å²) >= 11 is 0. The normalized spacial score (nSPS) is 9.87. The number of carbonyl (C=O) groups is 1. The molecule has 2 rings (SSSR count). The summed E-state index contributed by atoms with van der Waals surface area (Å²) in [7, 11) is 0. The van der Waals surface area contributed by atoms with E-state index in [4.69, 9.17) is 5.26 Å². The van der Waals surface area contributed by atoms with Crippen LogP contribution in [0.2, 0.25) is 0 Å². The molecular weight excluding hydrogens is 196 g/mol. The van der Waals surface area contributed by atoms with E-state index >= 15 is 0 Å². The number of aromatic nitrogens is 4. The number of nitrogens with zero attached hydrogens (tertiary/aromatic N) is 5. The first-order valence-electron chi connectivity index (χ1n) is 4.09. The van der Waals surface area contributed by atoms with Crippen LogP contribution >= 0.6 is 0 Å². The molecule has 0 aliphatic carbocycles. The smallest absolute Gasteiger partial charge is 0.267 e. The minimum Gasteiger partial charge on any atom is -0.268 e. The Morgan fingerprint density at radius 3 is 3.13 bits per heavy atom. The third kappa shape index (κ3) is 1.38. The first kappa shape index (κ1) is 9.08. The Bertz CT molecular complexity index is 566. The molecule has 0 radical (unpaired) electrons. The summed E-state index contributed by atoms with van der Waals surface area (Å²) in [6.07, 6.45) is 4.28. The molecule has 2 aromatic rings. The SMILES string of the molecule is Cc1c(C(=O)NC#N)cnc2ncnn12. The summed E-state index contributed by atoms with van der Waals surface area (Å²) in [5.74, 6) is -0.0825. The van der Waals surface area contributed by atoms with Gasteiger partial charge in [0, 0.05) is 6.20 Å². The highest BCUT2D eigenvalue weighted by Crippen LogP contribution is 2.06. The fourth-order valence-electron chi connectivity index (χ4n) is 1.23. The first-order chi connectivity index (χ1) is 7.24. The molecule has 0 aliphatic rings. The van der Waals surface area contributed by atoms with Crippen molar-refractivity contribution in [3.8, 4) is 6.19 Å². The molecule has 1 amide bonds. The van der Waals surface area contributed by atoms with Gasteiger partial charge in [0.25, 0.3) is 11.7 Å². The number of carbonyl (C=O) groups excluding carboxylic acids is 1. The van der Waals surface area contributed by atoms with E-state index in [1.807, 2.05) is 5.32 Å². The monoisotopic (exact) mass is 202 g/mol. The molecule has 0 bridgehead atoms. The Balaban J connectivity index is 2.58. The molecule has 0 aliphatic heterocycles. The zero-order valence-electron chi connectivity index (χ0n) is 7.80. The van der Waals surface area contributed by atoms with E-state index in [-0.39, 0.29) is 0 Å². The van der Waals surface area contributed by atoms with Gasteiger partial charge in [-0.1, -0.05) is 0 Å². The second-order valence-electron chi connectivity index (χ2n) is 2.80. The third-order valence-corrected chi connectivity index (χ3v) is 1.96. The number of hydrogen-bond acceptors (Lipinski definition) is 5. The lowest BCUT2D eigenvalue weighted by Crippen LogP contribution is -2.20. The van der Waals surface area contributed by atoms with Crippen LogP contribution in [0.25, 0.3) is 5.78 Å². The standard InChI is InChI=1S/C8H6N6O/c1-5-6(7(15)11-3-9)2-10-8-12-4-13-14(5)8/h2,4H,1H3,(H,11,15). The fraction of sp³-hybridized carbons (Fsp3) is 0.125. The fourth-order valence-corrected chi connectivity index (χ4v) is 1.23. The van der Waals surface area contributed by atoms with Crippen LogP contribution in [-0.2, 0) is 0 Å². The van der Waals surface area contributed by atoms with Gasteiger partial charge in [-0.25, -0.2) is 9.50 Å². The number of nitrogens with one attached hydrogen (secondary N) is 1. The number of fused-ring (bicyclic) bond motifs is 1. The van der Waals surface area contributed by atoms with Gasteiger partial charge in [0.2, 0.25) is 0 Å². The summed E-state index contributed by atoms with van der Waals surface area (Å²) in [5.41, 5.74) is 0.889. The third-order valence-electron chi connectivity index (χ3n) is 1.96.